The highest BCUT2D eigenvalue weighted by molar-refractivity contribution is 4.89. The summed E-state index contributed by atoms with van der Waals surface area (Å²) < 4.78 is 0. The molecule has 0 aromatic heterocycles. The van der Waals surface area contributed by atoms with Crippen molar-refractivity contribution >= 4 is 0 Å². The molecule has 0 radical (unpaired) electrons. The van der Waals surface area contributed by atoms with Crippen LogP contribution in [0.3, 0.4) is 0 Å². The van der Waals surface area contributed by atoms with Crippen LogP contribution in [0.15, 0.2) is 12.7 Å². The quantitative estimate of drug-likeness (QED) is 0.593. The minimum Gasteiger partial charge on any atom is -0.314 e. The van der Waals surface area contributed by atoms with E-state index in [1.807, 2.05) is 6.08 Å². The van der Waals surface area contributed by atoms with Crippen molar-refractivity contribution in [1.82, 2.24) is 10.2 Å². The first kappa shape index (κ1) is 8.75. The van der Waals surface area contributed by atoms with Gasteiger partial charge in [0.05, 0.1) is 0 Å². The van der Waals surface area contributed by atoms with Gasteiger partial charge in [0.2, 0.25) is 0 Å². The van der Waals surface area contributed by atoms with E-state index in [4.69, 9.17) is 0 Å². The van der Waals surface area contributed by atoms with Gasteiger partial charge >= 0.3 is 0 Å². The fourth-order valence-corrected chi connectivity index (χ4v) is 1.60. The molecule has 0 aliphatic carbocycles. The monoisotopic (exact) mass is 154 g/mol. The molecule has 2 atom stereocenters. The maximum Gasteiger partial charge on any atom is 0.0251 e. The molecule has 1 fully saturated rings. The topological polar surface area (TPSA) is 15.3 Å². The Morgan fingerprint density at radius 2 is 2.45 bits per heavy atom. The summed E-state index contributed by atoms with van der Waals surface area (Å²) in [6.07, 6.45) is 2.02. The van der Waals surface area contributed by atoms with Gasteiger partial charge in [0, 0.05) is 31.7 Å². The van der Waals surface area contributed by atoms with E-state index in [-0.39, 0.29) is 0 Å². The van der Waals surface area contributed by atoms with Crippen molar-refractivity contribution in [3.63, 3.8) is 0 Å². The number of hydrogen-bond acceptors (Lipinski definition) is 2. The van der Waals surface area contributed by atoms with Crippen molar-refractivity contribution in [3.8, 4) is 0 Å². The summed E-state index contributed by atoms with van der Waals surface area (Å²) in [5.41, 5.74) is 0. The van der Waals surface area contributed by atoms with E-state index in [2.05, 4.69) is 30.6 Å². The molecule has 64 valence electrons. The number of hydrogen-bond donors (Lipinski definition) is 1. The lowest BCUT2D eigenvalue weighted by Gasteiger charge is -2.37. The van der Waals surface area contributed by atoms with Crippen LogP contribution in [0.5, 0.6) is 0 Å². The first-order valence-corrected chi connectivity index (χ1v) is 4.34. The van der Waals surface area contributed by atoms with E-state index >= 15 is 0 Å². The van der Waals surface area contributed by atoms with Gasteiger partial charge in [0.15, 0.2) is 0 Å². The van der Waals surface area contributed by atoms with Crippen LogP contribution in [0, 0.1) is 0 Å². The second kappa shape index (κ2) is 3.88. The molecule has 1 aliphatic heterocycles. The smallest absolute Gasteiger partial charge is 0.0251 e. The van der Waals surface area contributed by atoms with Crippen LogP contribution >= 0.6 is 0 Å². The van der Waals surface area contributed by atoms with E-state index in [0.717, 1.165) is 19.6 Å². The summed E-state index contributed by atoms with van der Waals surface area (Å²) in [5, 5.41) is 3.37. The molecule has 11 heavy (non-hydrogen) atoms. The molecule has 1 N–H and O–H groups in total. The SMILES string of the molecule is C=CC(C)N1CCNC[C@@H]1C. The van der Waals surface area contributed by atoms with Gasteiger partial charge in [-0.3, -0.25) is 4.90 Å². The van der Waals surface area contributed by atoms with E-state index < -0.39 is 0 Å². The van der Waals surface area contributed by atoms with Gasteiger partial charge in [0.25, 0.3) is 0 Å². The maximum absolute atomic E-state index is 3.81. The molecule has 2 nitrogen and oxygen atoms in total. The molecule has 1 aliphatic rings. The molecule has 0 aromatic carbocycles. The van der Waals surface area contributed by atoms with Crippen LogP contribution in [0.25, 0.3) is 0 Å². The molecular formula is C9H18N2. The minimum absolute atomic E-state index is 0.520. The van der Waals surface area contributed by atoms with Crippen molar-refractivity contribution in [2.75, 3.05) is 19.6 Å². The minimum atomic E-state index is 0.520. The molecule has 1 heterocycles. The third kappa shape index (κ3) is 2.04. The van der Waals surface area contributed by atoms with Crippen LogP contribution < -0.4 is 5.32 Å². The first-order valence-electron chi connectivity index (χ1n) is 4.34. The lowest BCUT2D eigenvalue weighted by Crippen LogP contribution is -2.52. The van der Waals surface area contributed by atoms with Gasteiger partial charge in [-0.25, -0.2) is 0 Å². The van der Waals surface area contributed by atoms with Crippen molar-refractivity contribution in [2.45, 2.75) is 25.9 Å². The predicted molar refractivity (Wildman–Crippen MR) is 48.7 cm³/mol. The molecule has 1 rings (SSSR count). The van der Waals surface area contributed by atoms with Crippen molar-refractivity contribution in [3.05, 3.63) is 12.7 Å². The fourth-order valence-electron chi connectivity index (χ4n) is 1.60. The lowest BCUT2D eigenvalue weighted by molar-refractivity contribution is 0.149. The number of piperazine rings is 1. The average Bonchev–Trinajstić information content (AvgIpc) is 2.04. The zero-order valence-electron chi connectivity index (χ0n) is 7.51. The molecule has 2 heteroatoms. The molecule has 0 amide bonds. The summed E-state index contributed by atoms with van der Waals surface area (Å²) in [6.45, 7) is 11.6. The summed E-state index contributed by atoms with van der Waals surface area (Å²) in [7, 11) is 0. The van der Waals surface area contributed by atoms with E-state index in [0.29, 0.717) is 12.1 Å². The highest BCUT2D eigenvalue weighted by Gasteiger charge is 2.20. The van der Waals surface area contributed by atoms with Gasteiger partial charge in [0.1, 0.15) is 0 Å². The van der Waals surface area contributed by atoms with Crippen molar-refractivity contribution in [2.24, 2.45) is 0 Å². The Labute approximate surface area is 69.3 Å². The average molecular weight is 154 g/mol. The van der Waals surface area contributed by atoms with Crippen LogP contribution in [-0.4, -0.2) is 36.6 Å². The third-order valence-corrected chi connectivity index (χ3v) is 2.42. The van der Waals surface area contributed by atoms with Crippen LogP contribution in [0.1, 0.15) is 13.8 Å². The normalized spacial score (nSPS) is 29.8. The van der Waals surface area contributed by atoms with Gasteiger partial charge in [-0.2, -0.15) is 0 Å². The van der Waals surface area contributed by atoms with E-state index in [9.17, 15) is 0 Å². The lowest BCUT2D eigenvalue weighted by atomic mass is 10.1. The summed E-state index contributed by atoms with van der Waals surface area (Å²) >= 11 is 0. The Morgan fingerprint density at radius 1 is 1.73 bits per heavy atom. The van der Waals surface area contributed by atoms with Crippen LogP contribution in [0.2, 0.25) is 0 Å². The van der Waals surface area contributed by atoms with Crippen molar-refractivity contribution in [1.29, 1.82) is 0 Å². The summed E-state index contributed by atoms with van der Waals surface area (Å²) in [6, 6.07) is 1.17. The van der Waals surface area contributed by atoms with E-state index in [1.54, 1.807) is 0 Å². The number of nitrogens with one attached hydrogen (secondary N) is 1. The van der Waals surface area contributed by atoms with Gasteiger partial charge < -0.3 is 5.32 Å². The zero-order chi connectivity index (χ0) is 8.27. The Kier molecular flexibility index (Phi) is 3.09. The second-order valence-electron chi connectivity index (χ2n) is 3.27. The van der Waals surface area contributed by atoms with Gasteiger partial charge in [-0.05, 0) is 13.8 Å². The Morgan fingerprint density at radius 3 is 3.00 bits per heavy atom. The molecule has 1 saturated heterocycles. The highest BCUT2D eigenvalue weighted by Crippen LogP contribution is 2.07. The standard InChI is InChI=1S/C9H18N2/c1-4-8(2)11-6-5-10-7-9(11)3/h4,8-10H,1,5-7H2,2-3H3/t8?,9-/m0/s1. The van der Waals surface area contributed by atoms with Crippen molar-refractivity contribution < 1.29 is 0 Å². The van der Waals surface area contributed by atoms with E-state index in [1.165, 1.54) is 0 Å². The Balaban J connectivity index is 2.46. The Hall–Kier alpha value is -0.340. The number of nitrogens with zero attached hydrogens (tertiary/aromatic N) is 1. The Bertz CT molecular complexity index is 134. The molecule has 0 aromatic rings. The molecular weight excluding hydrogens is 136 g/mol. The predicted octanol–water partition coefficient (Wildman–Crippen LogP) is 0.855. The molecule has 1 unspecified atom stereocenters. The summed E-state index contributed by atoms with van der Waals surface area (Å²) in [4.78, 5) is 2.48. The van der Waals surface area contributed by atoms with Gasteiger partial charge in [-0.15, -0.1) is 6.58 Å². The molecule has 0 bridgehead atoms. The largest absolute Gasteiger partial charge is 0.314 e. The third-order valence-electron chi connectivity index (χ3n) is 2.42. The van der Waals surface area contributed by atoms with Gasteiger partial charge in [-0.1, -0.05) is 6.08 Å². The number of rotatable bonds is 2. The summed E-state index contributed by atoms with van der Waals surface area (Å²) in [5.74, 6) is 0. The van der Waals surface area contributed by atoms with Crippen LogP contribution in [0.4, 0.5) is 0 Å². The maximum atomic E-state index is 3.81. The first-order chi connectivity index (χ1) is 5.25. The molecule has 0 saturated carbocycles. The van der Waals surface area contributed by atoms with Crippen LogP contribution in [-0.2, 0) is 0 Å². The molecule has 0 spiro atoms. The second-order valence-corrected chi connectivity index (χ2v) is 3.27. The fraction of sp³-hybridized carbons (Fsp3) is 0.778. The highest BCUT2D eigenvalue weighted by atomic mass is 15.2. The zero-order valence-corrected chi connectivity index (χ0v) is 7.51.